The molecule has 2 aromatic rings. The Bertz CT molecular complexity index is 752. The highest BCUT2D eigenvalue weighted by Gasteiger charge is 2.21. The maximum atomic E-state index is 12.3. The van der Waals surface area contributed by atoms with Crippen LogP contribution in [0.1, 0.15) is 34.6 Å². The van der Waals surface area contributed by atoms with Crippen molar-refractivity contribution in [3.05, 3.63) is 51.7 Å². The highest BCUT2D eigenvalue weighted by Crippen LogP contribution is 2.23. The molecule has 3 rings (SSSR count). The minimum Gasteiger partial charge on any atom is -0.491 e. The Morgan fingerprint density at radius 3 is 2.72 bits per heavy atom. The highest BCUT2D eigenvalue weighted by molar-refractivity contribution is 7.10. The maximum absolute atomic E-state index is 12.3. The number of hydrogen-bond acceptors (Lipinski definition) is 4. The quantitative estimate of drug-likeness (QED) is 0.894. The first-order chi connectivity index (χ1) is 12.0. The molecule has 5 nitrogen and oxygen atoms in total. The van der Waals surface area contributed by atoms with Gasteiger partial charge in [-0.2, -0.15) is 0 Å². The van der Waals surface area contributed by atoms with Crippen LogP contribution in [0.3, 0.4) is 0 Å². The van der Waals surface area contributed by atoms with E-state index < -0.39 is 0 Å². The summed E-state index contributed by atoms with van der Waals surface area (Å²) >= 11 is 1.74. The number of benzene rings is 1. The van der Waals surface area contributed by atoms with E-state index in [1.807, 2.05) is 13.8 Å². The van der Waals surface area contributed by atoms with Crippen molar-refractivity contribution >= 4 is 23.2 Å². The van der Waals surface area contributed by atoms with E-state index in [4.69, 9.17) is 4.74 Å². The molecule has 1 aliphatic rings. The number of ether oxygens (including phenoxy) is 1. The molecule has 0 bridgehead atoms. The molecule has 0 unspecified atom stereocenters. The molecule has 0 radical (unpaired) electrons. The van der Waals surface area contributed by atoms with Crippen molar-refractivity contribution in [1.29, 1.82) is 0 Å². The Balaban J connectivity index is 1.51. The van der Waals surface area contributed by atoms with Crippen LogP contribution in [0.5, 0.6) is 5.75 Å². The third-order valence-electron chi connectivity index (χ3n) is 4.05. The van der Waals surface area contributed by atoms with Gasteiger partial charge in [-0.05, 0) is 61.5 Å². The van der Waals surface area contributed by atoms with Crippen LogP contribution in [0.15, 0.2) is 35.7 Å². The predicted octanol–water partition coefficient (Wildman–Crippen LogP) is 2.85. The molecule has 0 saturated carbocycles. The SMILES string of the molecule is CC(C)Oc1ccc(C(=O)NCC(=O)N2CCc3sccc3C2)cc1. The lowest BCUT2D eigenvalue weighted by molar-refractivity contribution is -0.131. The number of amides is 2. The van der Waals surface area contributed by atoms with Gasteiger partial charge in [-0.1, -0.05) is 0 Å². The van der Waals surface area contributed by atoms with Gasteiger partial charge in [0.15, 0.2) is 0 Å². The normalized spacial score (nSPS) is 13.5. The Morgan fingerprint density at radius 1 is 1.24 bits per heavy atom. The number of carbonyl (C=O) groups excluding carboxylic acids is 2. The highest BCUT2D eigenvalue weighted by atomic mass is 32.1. The van der Waals surface area contributed by atoms with Crippen LogP contribution in [0.25, 0.3) is 0 Å². The van der Waals surface area contributed by atoms with E-state index in [0.717, 1.165) is 12.2 Å². The molecule has 6 heteroatoms. The summed E-state index contributed by atoms with van der Waals surface area (Å²) in [6, 6.07) is 9.00. The maximum Gasteiger partial charge on any atom is 0.251 e. The first-order valence-corrected chi connectivity index (χ1v) is 9.29. The molecular formula is C19H22N2O3S. The van der Waals surface area contributed by atoms with E-state index in [1.165, 1.54) is 10.4 Å². The molecule has 25 heavy (non-hydrogen) atoms. The van der Waals surface area contributed by atoms with Crippen molar-refractivity contribution in [1.82, 2.24) is 10.2 Å². The predicted molar refractivity (Wildman–Crippen MR) is 98.0 cm³/mol. The van der Waals surface area contributed by atoms with Gasteiger partial charge in [0.1, 0.15) is 5.75 Å². The summed E-state index contributed by atoms with van der Waals surface area (Å²) in [4.78, 5) is 27.7. The topological polar surface area (TPSA) is 58.6 Å². The van der Waals surface area contributed by atoms with Gasteiger partial charge in [-0.25, -0.2) is 0 Å². The molecule has 0 atom stereocenters. The van der Waals surface area contributed by atoms with E-state index >= 15 is 0 Å². The second-order valence-corrected chi connectivity index (χ2v) is 7.31. The van der Waals surface area contributed by atoms with E-state index in [1.54, 1.807) is 40.5 Å². The van der Waals surface area contributed by atoms with Crippen LogP contribution in [-0.2, 0) is 17.8 Å². The fraction of sp³-hybridized carbons (Fsp3) is 0.368. The van der Waals surface area contributed by atoms with E-state index in [0.29, 0.717) is 18.7 Å². The zero-order chi connectivity index (χ0) is 17.8. The van der Waals surface area contributed by atoms with E-state index in [2.05, 4.69) is 16.8 Å². The van der Waals surface area contributed by atoms with Crippen LogP contribution >= 0.6 is 11.3 Å². The molecule has 0 fully saturated rings. The van der Waals surface area contributed by atoms with Gasteiger partial charge in [0.05, 0.1) is 12.6 Å². The number of fused-ring (bicyclic) bond motifs is 1. The van der Waals surface area contributed by atoms with Crippen molar-refractivity contribution in [3.8, 4) is 5.75 Å². The summed E-state index contributed by atoms with van der Waals surface area (Å²) in [5.41, 5.74) is 1.74. The number of nitrogens with one attached hydrogen (secondary N) is 1. The number of carbonyl (C=O) groups is 2. The van der Waals surface area contributed by atoms with Gasteiger partial charge in [0, 0.05) is 23.5 Å². The molecule has 1 aromatic carbocycles. The van der Waals surface area contributed by atoms with E-state index in [-0.39, 0.29) is 24.5 Å². The number of nitrogens with zero attached hydrogens (tertiary/aromatic N) is 1. The summed E-state index contributed by atoms with van der Waals surface area (Å²) < 4.78 is 5.56. The van der Waals surface area contributed by atoms with Crippen LogP contribution in [0.4, 0.5) is 0 Å². The smallest absolute Gasteiger partial charge is 0.251 e. The third kappa shape index (κ3) is 4.39. The second kappa shape index (κ2) is 7.70. The third-order valence-corrected chi connectivity index (χ3v) is 5.07. The molecule has 1 aliphatic heterocycles. The molecule has 2 heterocycles. The number of rotatable bonds is 5. The lowest BCUT2D eigenvalue weighted by atomic mass is 10.1. The minimum atomic E-state index is -0.252. The largest absolute Gasteiger partial charge is 0.491 e. The molecular weight excluding hydrogens is 336 g/mol. The van der Waals surface area contributed by atoms with Crippen LogP contribution in [-0.4, -0.2) is 35.9 Å². The molecule has 1 N–H and O–H groups in total. The summed E-state index contributed by atoms with van der Waals surface area (Å²) in [6.07, 6.45) is 0.981. The molecule has 0 aliphatic carbocycles. The molecule has 0 saturated heterocycles. The van der Waals surface area contributed by atoms with Crippen molar-refractivity contribution in [2.75, 3.05) is 13.1 Å². The van der Waals surface area contributed by atoms with Gasteiger partial charge in [0.25, 0.3) is 5.91 Å². The van der Waals surface area contributed by atoms with Crippen molar-refractivity contribution in [2.45, 2.75) is 32.9 Å². The van der Waals surface area contributed by atoms with Gasteiger partial charge in [0.2, 0.25) is 5.91 Å². The van der Waals surface area contributed by atoms with Gasteiger partial charge in [-0.15, -0.1) is 11.3 Å². The van der Waals surface area contributed by atoms with Crippen LogP contribution < -0.4 is 10.1 Å². The summed E-state index contributed by atoms with van der Waals surface area (Å²) in [6.45, 7) is 5.26. The molecule has 132 valence electrons. The summed E-state index contributed by atoms with van der Waals surface area (Å²) in [7, 11) is 0. The first kappa shape index (κ1) is 17.5. The Kier molecular flexibility index (Phi) is 5.38. The Labute approximate surface area is 151 Å². The summed E-state index contributed by atoms with van der Waals surface area (Å²) in [5.74, 6) is 0.421. The minimum absolute atomic E-state index is 0.0164. The lowest BCUT2D eigenvalue weighted by Gasteiger charge is -2.27. The van der Waals surface area contributed by atoms with Gasteiger partial charge >= 0.3 is 0 Å². The Hall–Kier alpha value is -2.34. The lowest BCUT2D eigenvalue weighted by Crippen LogP contribution is -2.42. The Morgan fingerprint density at radius 2 is 2.00 bits per heavy atom. The van der Waals surface area contributed by atoms with E-state index in [9.17, 15) is 9.59 Å². The standard InChI is InChI=1S/C19H22N2O3S/c1-13(2)24-16-5-3-14(4-6-16)19(23)20-11-18(22)21-9-7-17-15(12-21)8-10-25-17/h3-6,8,10,13H,7,9,11-12H2,1-2H3,(H,20,23). The van der Waals surface area contributed by atoms with Crippen LogP contribution in [0, 0.1) is 0 Å². The average molecular weight is 358 g/mol. The monoisotopic (exact) mass is 358 g/mol. The molecule has 0 spiro atoms. The first-order valence-electron chi connectivity index (χ1n) is 8.41. The zero-order valence-corrected chi connectivity index (χ0v) is 15.3. The van der Waals surface area contributed by atoms with Crippen molar-refractivity contribution in [3.63, 3.8) is 0 Å². The fourth-order valence-electron chi connectivity index (χ4n) is 2.79. The van der Waals surface area contributed by atoms with Gasteiger partial charge < -0.3 is 15.0 Å². The van der Waals surface area contributed by atoms with Crippen LogP contribution in [0.2, 0.25) is 0 Å². The van der Waals surface area contributed by atoms with Crippen molar-refractivity contribution in [2.24, 2.45) is 0 Å². The number of thiophene rings is 1. The van der Waals surface area contributed by atoms with Gasteiger partial charge in [-0.3, -0.25) is 9.59 Å². The summed E-state index contributed by atoms with van der Waals surface area (Å²) in [5, 5.41) is 4.77. The average Bonchev–Trinajstić information content (AvgIpc) is 3.07. The zero-order valence-electron chi connectivity index (χ0n) is 14.5. The van der Waals surface area contributed by atoms with Crippen molar-refractivity contribution < 1.29 is 14.3 Å². The number of hydrogen-bond donors (Lipinski definition) is 1. The molecule has 2 amide bonds. The fourth-order valence-corrected chi connectivity index (χ4v) is 3.68. The second-order valence-electron chi connectivity index (χ2n) is 6.31. The molecule has 1 aromatic heterocycles.